The number of rotatable bonds is 3. The van der Waals surface area contributed by atoms with Gasteiger partial charge in [-0.05, 0) is 19.0 Å². The number of nitrogens with zero attached hydrogens (tertiary/aromatic N) is 2. The zero-order valence-corrected chi connectivity index (χ0v) is 11.1. The van der Waals surface area contributed by atoms with Crippen molar-refractivity contribution >= 4 is 10.9 Å². The van der Waals surface area contributed by atoms with Crippen molar-refractivity contribution in [1.29, 1.82) is 0 Å². The lowest BCUT2D eigenvalue weighted by atomic mass is 10.1. The van der Waals surface area contributed by atoms with E-state index in [1.807, 2.05) is 18.3 Å². The maximum Gasteiger partial charge on any atom is 0.162 e. The number of benzene rings is 1. The van der Waals surface area contributed by atoms with Crippen molar-refractivity contribution in [3.63, 3.8) is 0 Å². The van der Waals surface area contributed by atoms with Crippen LogP contribution in [0, 0.1) is 0 Å². The maximum absolute atomic E-state index is 5.31. The molecule has 0 radical (unpaired) electrons. The normalized spacial score (nSPS) is 18.7. The number of nitrogens with one attached hydrogen (secondary N) is 1. The van der Waals surface area contributed by atoms with Gasteiger partial charge in [-0.3, -0.25) is 0 Å². The van der Waals surface area contributed by atoms with Crippen LogP contribution in [0.3, 0.4) is 0 Å². The highest BCUT2D eigenvalue weighted by Gasteiger charge is 2.19. The highest BCUT2D eigenvalue weighted by Crippen LogP contribution is 2.31. The van der Waals surface area contributed by atoms with Gasteiger partial charge in [0.05, 0.1) is 19.7 Å². The molecule has 1 aliphatic heterocycles. The summed E-state index contributed by atoms with van der Waals surface area (Å²) < 4.78 is 10.6. The van der Waals surface area contributed by atoms with E-state index in [2.05, 4.69) is 15.3 Å². The molecule has 1 unspecified atom stereocenters. The Balaban J connectivity index is 2.06. The molecular weight excluding hydrogens is 242 g/mol. The number of fused-ring (bicyclic) bond motifs is 1. The summed E-state index contributed by atoms with van der Waals surface area (Å²) in [6.07, 6.45) is 2.96. The number of hydrogen-bond acceptors (Lipinski definition) is 5. The molecule has 2 heterocycles. The van der Waals surface area contributed by atoms with E-state index in [1.54, 1.807) is 14.2 Å². The molecule has 5 heteroatoms. The van der Waals surface area contributed by atoms with Gasteiger partial charge in [-0.25, -0.2) is 9.97 Å². The van der Waals surface area contributed by atoms with E-state index < -0.39 is 0 Å². The Morgan fingerprint density at radius 3 is 2.68 bits per heavy atom. The lowest BCUT2D eigenvalue weighted by Gasteiger charge is -2.11. The first-order valence-corrected chi connectivity index (χ1v) is 6.41. The molecule has 0 bridgehead atoms. The number of hydrogen-bond donors (Lipinski definition) is 1. The van der Waals surface area contributed by atoms with Crippen LogP contribution in [0.1, 0.15) is 18.2 Å². The average Bonchev–Trinajstić information content (AvgIpc) is 2.99. The first-order chi connectivity index (χ1) is 9.31. The van der Waals surface area contributed by atoms with Gasteiger partial charge in [0.25, 0.3) is 0 Å². The van der Waals surface area contributed by atoms with E-state index in [1.165, 1.54) is 0 Å². The predicted molar refractivity (Wildman–Crippen MR) is 72.9 cm³/mol. The first-order valence-electron chi connectivity index (χ1n) is 6.41. The monoisotopic (exact) mass is 259 g/mol. The molecule has 1 aromatic heterocycles. The van der Waals surface area contributed by atoms with Crippen LogP contribution in [-0.4, -0.2) is 37.3 Å². The van der Waals surface area contributed by atoms with Gasteiger partial charge >= 0.3 is 0 Å². The second-order valence-corrected chi connectivity index (χ2v) is 4.68. The van der Waals surface area contributed by atoms with Gasteiger partial charge in [-0.15, -0.1) is 0 Å². The fourth-order valence-corrected chi connectivity index (χ4v) is 2.44. The van der Waals surface area contributed by atoms with Gasteiger partial charge < -0.3 is 14.8 Å². The summed E-state index contributed by atoms with van der Waals surface area (Å²) >= 11 is 0. The second-order valence-electron chi connectivity index (χ2n) is 4.68. The van der Waals surface area contributed by atoms with Crippen LogP contribution >= 0.6 is 0 Å². The Morgan fingerprint density at radius 1 is 1.21 bits per heavy atom. The van der Waals surface area contributed by atoms with Crippen LogP contribution in [-0.2, 0) is 0 Å². The molecule has 1 N–H and O–H groups in total. The SMILES string of the molecule is COc1cc2cnc(C3CCNC3)nc2cc1OC. The lowest BCUT2D eigenvalue weighted by Crippen LogP contribution is -2.10. The van der Waals surface area contributed by atoms with Crippen molar-refractivity contribution in [3.05, 3.63) is 24.2 Å². The number of ether oxygens (including phenoxy) is 2. The molecule has 1 saturated heterocycles. The predicted octanol–water partition coefficient (Wildman–Crippen LogP) is 1.72. The zero-order chi connectivity index (χ0) is 13.2. The highest BCUT2D eigenvalue weighted by molar-refractivity contribution is 5.82. The van der Waals surface area contributed by atoms with E-state index >= 15 is 0 Å². The van der Waals surface area contributed by atoms with Gasteiger partial charge in [-0.2, -0.15) is 0 Å². The van der Waals surface area contributed by atoms with E-state index in [0.717, 1.165) is 36.2 Å². The van der Waals surface area contributed by atoms with Crippen molar-refractivity contribution in [2.45, 2.75) is 12.3 Å². The minimum absolute atomic E-state index is 0.414. The Bertz CT molecular complexity index is 595. The van der Waals surface area contributed by atoms with E-state index in [-0.39, 0.29) is 0 Å². The topological polar surface area (TPSA) is 56.3 Å². The fourth-order valence-electron chi connectivity index (χ4n) is 2.44. The molecule has 19 heavy (non-hydrogen) atoms. The van der Waals surface area contributed by atoms with Crippen LogP contribution in [0.5, 0.6) is 11.5 Å². The molecule has 0 saturated carbocycles. The summed E-state index contributed by atoms with van der Waals surface area (Å²) in [4.78, 5) is 9.13. The van der Waals surface area contributed by atoms with Gasteiger partial charge in [0, 0.05) is 30.1 Å². The van der Waals surface area contributed by atoms with Gasteiger partial charge in [0.2, 0.25) is 0 Å². The van der Waals surface area contributed by atoms with E-state index in [0.29, 0.717) is 17.4 Å². The Morgan fingerprint density at radius 2 is 2.00 bits per heavy atom. The molecule has 3 rings (SSSR count). The van der Waals surface area contributed by atoms with Gasteiger partial charge in [0.1, 0.15) is 5.82 Å². The molecule has 2 aromatic rings. The Labute approximate surface area is 112 Å². The highest BCUT2D eigenvalue weighted by atomic mass is 16.5. The van der Waals surface area contributed by atoms with Crippen molar-refractivity contribution in [2.24, 2.45) is 0 Å². The number of methoxy groups -OCH3 is 2. The van der Waals surface area contributed by atoms with Gasteiger partial charge in [-0.1, -0.05) is 0 Å². The van der Waals surface area contributed by atoms with Crippen molar-refractivity contribution in [3.8, 4) is 11.5 Å². The van der Waals surface area contributed by atoms with Crippen molar-refractivity contribution < 1.29 is 9.47 Å². The molecule has 0 spiro atoms. The van der Waals surface area contributed by atoms with E-state index in [4.69, 9.17) is 9.47 Å². The van der Waals surface area contributed by atoms with E-state index in [9.17, 15) is 0 Å². The molecule has 5 nitrogen and oxygen atoms in total. The molecule has 1 fully saturated rings. The summed E-state index contributed by atoms with van der Waals surface area (Å²) in [6.45, 7) is 2.00. The summed E-state index contributed by atoms with van der Waals surface area (Å²) in [7, 11) is 3.26. The minimum Gasteiger partial charge on any atom is -0.493 e. The molecule has 1 aromatic carbocycles. The Kier molecular flexibility index (Phi) is 3.21. The van der Waals surface area contributed by atoms with Crippen LogP contribution in [0.4, 0.5) is 0 Å². The van der Waals surface area contributed by atoms with Crippen molar-refractivity contribution in [1.82, 2.24) is 15.3 Å². The first kappa shape index (κ1) is 12.2. The molecule has 100 valence electrons. The third-order valence-corrected chi connectivity index (χ3v) is 3.53. The van der Waals surface area contributed by atoms with Crippen LogP contribution in [0.2, 0.25) is 0 Å². The minimum atomic E-state index is 0.414. The lowest BCUT2D eigenvalue weighted by molar-refractivity contribution is 0.355. The molecule has 0 amide bonds. The molecular formula is C14H17N3O2. The van der Waals surface area contributed by atoms with Crippen LogP contribution < -0.4 is 14.8 Å². The van der Waals surface area contributed by atoms with Crippen molar-refractivity contribution in [2.75, 3.05) is 27.3 Å². The van der Waals surface area contributed by atoms with Gasteiger partial charge in [0.15, 0.2) is 11.5 Å². The van der Waals surface area contributed by atoms with Crippen LogP contribution in [0.15, 0.2) is 18.3 Å². The average molecular weight is 259 g/mol. The van der Waals surface area contributed by atoms with Crippen LogP contribution in [0.25, 0.3) is 10.9 Å². The quantitative estimate of drug-likeness (QED) is 0.909. The Hall–Kier alpha value is -1.88. The number of aromatic nitrogens is 2. The summed E-state index contributed by atoms with van der Waals surface area (Å²) in [6, 6.07) is 3.81. The third-order valence-electron chi connectivity index (χ3n) is 3.53. The maximum atomic E-state index is 5.31. The zero-order valence-electron chi connectivity index (χ0n) is 11.1. The molecule has 1 aliphatic rings. The molecule has 0 aliphatic carbocycles. The smallest absolute Gasteiger partial charge is 0.162 e. The standard InChI is InChI=1S/C14H17N3O2/c1-18-12-5-10-8-16-14(9-3-4-15-7-9)17-11(10)6-13(12)19-2/h5-6,8-9,15H,3-4,7H2,1-2H3. The molecule has 1 atom stereocenters. The summed E-state index contributed by atoms with van der Waals surface area (Å²) in [5.41, 5.74) is 0.898. The second kappa shape index (κ2) is 5.01. The third kappa shape index (κ3) is 2.21. The summed E-state index contributed by atoms with van der Waals surface area (Å²) in [5, 5.41) is 4.30. The fraction of sp³-hybridized carbons (Fsp3) is 0.429. The largest absolute Gasteiger partial charge is 0.493 e. The summed E-state index contributed by atoms with van der Waals surface area (Å²) in [5.74, 6) is 2.72.